The van der Waals surface area contributed by atoms with Gasteiger partial charge in [0.25, 0.3) is 0 Å². The van der Waals surface area contributed by atoms with Gasteiger partial charge < -0.3 is 19.8 Å². The number of hydrogen-bond donors (Lipinski definition) is 3. The highest BCUT2D eigenvalue weighted by Crippen LogP contribution is 2.34. The number of likely N-dealkylation sites (tertiary alicyclic amines) is 1. The van der Waals surface area contributed by atoms with Gasteiger partial charge in [-0.05, 0) is 87.8 Å². The SMILES string of the molecule is Fc1cc(OCCN2CCCC2)cc(-c2ccnc3nc(-c4[nH]nc5ncc(-c6cncc(OC7CCNCC7)c6)cc45)[nH]c23)c1. The number of hydrogen-bond acceptors (Lipinski definition) is 9. The van der Waals surface area contributed by atoms with E-state index in [0.29, 0.717) is 46.2 Å². The van der Waals surface area contributed by atoms with Crippen molar-refractivity contribution in [3.05, 3.63) is 67.0 Å². The van der Waals surface area contributed by atoms with Crippen LogP contribution in [0.4, 0.5) is 4.39 Å². The lowest BCUT2D eigenvalue weighted by atomic mass is 10.1. The molecule has 12 heteroatoms. The molecule has 2 fully saturated rings. The van der Waals surface area contributed by atoms with Crippen molar-refractivity contribution in [3.8, 4) is 45.3 Å². The molecule has 8 rings (SSSR count). The van der Waals surface area contributed by atoms with Crippen molar-refractivity contribution < 1.29 is 13.9 Å². The van der Waals surface area contributed by atoms with Gasteiger partial charge in [0.05, 0.1) is 17.1 Å². The molecule has 0 atom stereocenters. The lowest BCUT2D eigenvalue weighted by Gasteiger charge is -2.23. The van der Waals surface area contributed by atoms with Crippen molar-refractivity contribution in [2.75, 3.05) is 39.3 Å². The maximum atomic E-state index is 14.8. The molecule has 7 heterocycles. The van der Waals surface area contributed by atoms with Crippen LogP contribution in [0.1, 0.15) is 25.7 Å². The Balaban J connectivity index is 1.08. The third-order valence-electron chi connectivity index (χ3n) is 8.73. The lowest BCUT2D eigenvalue weighted by Crippen LogP contribution is -2.34. The number of ether oxygens (including phenoxy) is 2. The Morgan fingerprint density at radius 2 is 1.74 bits per heavy atom. The number of aromatic amines is 2. The molecule has 11 nitrogen and oxygen atoms in total. The third kappa shape index (κ3) is 5.88. The number of halogens is 1. The van der Waals surface area contributed by atoms with E-state index in [1.165, 1.54) is 25.0 Å². The average molecular weight is 620 g/mol. The molecule has 1 aromatic carbocycles. The van der Waals surface area contributed by atoms with Gasteiger partial charge >= 0.3 is 0 Å². The molecule has 2 aliphatic rings. The normalized spacial score (nSPS) is 16.0. The van der Waals surface area contributed by atoms with Gasteiger partial charge in [-0.3, -0.25) is 15.0 Å². The van der Waals surface area contributed by atoms with Crippen LogP contribution in [0.3, 0.4) is 0 Å². The summed E-state index contributed by atoms with van der Waals surface area (Å²) in [5, 5.41) is 11.7. The molecule has 0 saturated carbocycles. The van der Waals surface area contributed by atoms with Gasteiger partial charge in [0.1, 0.15) is 35.7 Å². The summed E-state index contributed by atoms with van der Waals surface area (Å²) in [5.41, 5.74) is 5.65. The Hall–Kier alpha value is -4.94. The predicted molar refractivity (Wildman–Crippen MR) is 173 cm³/mol. The minimum atomic E-state index is -0.365. The van der Waals surface area contributed by atoms with E-state index in [-0.39, 0.29) is 11.9 Å². The van der Waals surface area contributed by atoms with Crippen molar-refractivity contribution in [2.24, 2.45) is 0 Å². The zero-order valence-corrected chi connectivity index (χ0v) is 25.3. The lowest BCUT2D eigenvalue weighted by molar-refractivity contribution is 0.162. The molecule has 0 bridgehead atoms. The maximum absolute atomic E-state index is 14.8. The molecule has 0 radical (unpaired) electrons. The Labute approximate surface area is 264 Å². The van der Waals surface area contributed by atoms with E-state index in [4.69, 9.17) is 14.5 Å². The first-order chi connectivity index (χ1) is 22.7. The van der Waals surface area contributed by atoms with Gasteiger partial charge in [0, 0.05) is 47.9 Å². The number of H-pyrrole nitrogens is 2. The number of imidazole rings is 1. The monoisotopic (exact) mass is 619 g/mol. The van der Waals surface area contributed by atoms with E-state index in [0.717, 1.165) is 73.4 Å². The standard InChI is InChI=1S/C34H34FN9O2/c35-24-13-21(14-26(17-24)45-12-11-44-9-1-2-10-44)28-5-8-38-33-30(28)40-34(41-33)31-29-16-23(19-39-32(29)43-42-31)22-15-27(20-37-18-22)46-25-3-6-36-7-4-25/h5,8,13-20,25,36H,1-4,6-7,9-12H2,(H,38,40,41)(H,39,42,43). The fourth-order valence-corrected chi connectivity index (χ4v) is 6.36. The van der Waals surface area contributed by atoms with E-state index >= 15 is 0 Å². The summed E-state index contributed by atoms with van der Waals surface area (Å²) in [7, 11) is 0. The number of piperidine rings is 1. The summed E-state index contributed by atoms with van der Waals surface area (Å²) in [4.78, 5) is 24.1. The minimum absolute atomic E-state index is 0.178. The van der Waals surface area contributed by atoms with Gasteiger partial charge in [-0.25, -0.2) is 19.3 Å². The number of rotatable bonds is 9. The first-order valence-corrected chi connectivity index (χ1v) is 15.8. The van der Waals surface area contributed by atoms with Crippen LogP contribution in [0.25, 0.3) is 56.0 Å². The quantitative estimate of drug-likeness (QED) is 0.196. The average Bonchev–Trinajstić information content (AvgIpc) is 3.85. The molecule has 234 valence electrons. The highest BCUT2D eigenvalue weighted by molar-refractivity contribution is 5.96. The van der Waals surface area contributed by atoms with Gasteiger partial charge in [-0.2, -0.15) is 5.10 Å². The fraction of sp³-hybridized carbons (Fsp3) is 0.324. The number of aromatic nitrogens is 7. The van der Waals surface area contributed by atoms with Crippen molar-refractivity contribution in [2.45, 2.75) is 31.8 Å². The molecule has 46 heavy (non-hydrogen) atoms. The van der Waals surface area contributed by atoms with Gasteiger partial charge in [-0.15, -0.1) is 0 Å². The van der Waals surface area contributed by atoms with Crippen LogP contribution < -0.4 is 14.8 Å². The van der Waals surface area contributed by atoms with Crippen molar-refractivity contribution in [3.63, 3.8) is 0 Å². The Morgan fingerprint density at radius 1 is 0.891 bits per heavy atom. The van der Waals surface area contributed by atoms with E-state index in [1.54, 1.807) is 24.8 Å². The first-order valence-electron chi connectivity index (χ1n) is 15.8. The van der Waals surface area contributed by atoms with E-state index < -0.39 is 0 Å². The zero-order valence-electron chi connectivity index (χ0n) is 25.3. The summed E-state index contributed by atoms with van der Waals surface area (Å²) in [5.74, 6) is 1.43. The Morgan fingerprint density at radius 3 is 2.63 bits per heavy atom. The minimum Gasteiger partial charge on any atom is -0.492 e. The van der Waals surface area contributed by atoms with Gasteiger partial charge in [0.15, 0.2) is 17.1 Å². The van der Waals surface area contributed by atoms with E-state index in [9.17, 15) is 4.39 Å². The maximum Gasteiger partial charge on any atom is 0.181 e. The van der Waals surface area contributed by atoms with Crippen LogP contribution in [-0.4, -0.2) is 85.5 Å². The summed E-state index contributed by atoms with van der Waals surface area (Å²) >= 11 is 0. The van der Waals surface area contributed by atoms with Crippen LogP contribution in [-0.2, 0) is 0 Å². The van der Waals surface area contributed by atoms with Crippen molar-refractivity contribution in [1.29, 1.82) is 0 Å². The highest BCUT2D eigenvalue weighted by Gasteiger charge is 2.19. The molecular weight excluding hydrogens is 585 g/mol. The van der Waals surface area contributed by atoms with Crippen molar-refractivity contribution >= 4 is 22.2 Å². The fourth-order valence-electron chi connectivity index (χ4n) is 6.36. The second-order valence-corrected chi connectivity index (χ2v) is 11.9. The summed E-state index contributed by atoms with van der Waals surface area (Å²) in [6.45, 7) is 5.44. The summed E-state index contributed by atoms with van der Waals surface area (Å²) in [6.07, 6.45) is 11.6. The number of pyridine rings is 3. The Bertz CT molecular complexity index is 2000. The smallest absolute Gasteiger partial charge is 0.181 e. The number of fused-ring (bicyclic) bond motifs is 2. The third-order valence-corrected chi connectivity index (χ3v) is 8.73. The first kappa shape index (κ1) is 28.5. The van der Waals surface area contributed by atoms with Crippen LogP contribution in [0.2, 0.25) is 0 Å². The molecule has 0 spiro atoms. The second-order valence-electron chi connectivity index (χ2n) is 11.9. The Kier molecular flexibility index (Phi) is 7.72. The molecular formula is C34H34FN9O2. The largest absolute Gasteiger partial charge is 0.492 e. The van der Waals surface area contributed by atoms with Gasteiger partial charge in [0.2, 0.25) is 0 Å². The second kappa shape index (κ2) is 12.5. The number of benzene rings is 1. The number of nitrogens with one attached hydrogen (secondary N) is 3. The molecule has 0 unspecified atom stereocenters. The van der Waals surface area contributed by atoms with Crippen LogP contribution in [0, 0.1) is 5.82 Å². The van der Waals surface area contributed by atoms with Crippen LogP contribution in [0.15, 0.2) is 61.2 Å². The summed E-state index contributed by atoms with van der Waals surface area (Å²) < 4.78 is 27.0. The van der Waals surface area contributed by atoms with Crippen molar-refractivity contribution in [1.82, 2.24) is 45.3 Å². The number of nitrogens with zero attached hydrogens (tertiary/aromatic N) is 6. The molecule has 2 aliphatic heterocycles. The molecule has 5 aromatic heterocycles. The summed E-state index contributed by atoms with van der Waals surface area (Å²) in [6, 6.07) is 10.7. The van der Waals surface area contributed by atoms with E-state index in [2.05, 4.69) is 40.3 Å². The van der Waals surface area contributed by atoms with Crippen LogP contribution >= 0.6 is 0 Å². The molecule has 0 amide bonds. The zero-order chi connectivity index (χ0) is 30.9. The van der Waals surface area contributed by atoms with Crippen LogP contribution in [0.5, 0.6) is 11.5 Å². The molecule has 3 N–H and O–H groups in total. The topological polar surface area (TPSA) is 130 Å². The predicted octanol–water partition coefficient (Wildman–Crippen LogP) is 5.37. The molecule has 2 saturated heterocycles. The van der Waals surface area contributed by atoms with E-state index in [1.807, 2.05) is 24.3 Å². The van der Waals surface area contributed by atoms with Gasteiger partial charge in [-0.1, -0.05) is 0 Å². The highest BCUT2D eigenvalue weighted by atomic mass is 19.1. The molecule has 0 aliphatic carbocycles. The molecule has 6 aromatic rings.